The Morgan fingerprint density at radius 2 is 1.88 bits per heavy atom. The highest BCUT2D eigenvalue weighted by Gasteiger charge is 2.23. The first-order valence-corrected chi connectivity index (χ1v) is 9.38. The largest absolute Gasteiger partial charge is 0.353 e. The lowest BCUT2D eigenvalue weighted by Crippen LogP contribution is -2.36. The first-order valence-electron chi connectivity index (χ1n) is 9.38. The second kappa shape index (κ2) is 9.62. The summed E-state index contributed by atoms with van der Waals surface area (Å²) < 4.78 is 7.35. The van der Waals surface area contributed by atoms with E-state index in [1.807, 2.05) is 0 Å². The van der Waals surface area contributed by atoms with Gasteiger partial charge in [0.25, 0.3) is 0 Å². The summed E-state index contributed by atoms with van der Waals surface area (Å²) in [6.45, 7) is 2.91. The summed E-state index contributed by atoms with van der Waals surface area (Å²) in [4.78, 5) is 48.4. The molecule has 0 atom stereocenters. The maximum Gasteiger partial charge on any atom is 0.316 e. The van der Waals surface area contributed by atoms with E-state index >= 15 is 0 Å². The molecule has 0 saturated carbocycles. The van der Waals surface area contributed by atoms with E-state index in [1.54, 1.807) is 0 Å². The van der Waals surface area contributed by atoms with Gasteiger partial charge >= 0.3 is 23.2 Å². The van der Waals surface area contributed by atoms with Gasteiger partial charge in [-0.15, -0.1) is 0 Å². The number of aryl methyl sites for hydroxylation is 1. The van der Waals surface area contributed by atoms with Crippen molar-refractivity contribution in [3.8, 4) is 0 Å². The molecule has 174 valence electrons. The Morgan fingerprint density at radius 3 is 2.52 bits per heavy atom. The van der Waals surface area contributed by atoms with Gasteiger partial charge < -0.3 is 15.2 Å². The van der Waals surface area contributed by atoms with Gasteiger partial charge in [0.15, 0.2) is 5.82 Å². The number of nitrogens with one attached hydrogen (secondary N) is 2. The lowest BCUT2D eigenvalue weighted by molar-refractivity contribution is -0.386. The molecule has 3 aromatic rings. The van der Waals surface area contributed by atoms with Gasteiger partial charge in [0.2, 0.25) is 5.91 Å². The summed E-state index contributed by atoms with van der Waals surface area (Å²) in [7, 11) is 0. The maximum atomic E-state index is 12.1. The molecule has 0 aromatic carbocycles. The summed E-state index contributed by atoms with van der Waals surface area (Å²) in [5.41, 5.74) is 0.218. The standard InChI is InChI=1S/C16H18N10O7/c1-9-14(26(31)32)10(2)24(21-9)7-12-20-16(33-22-12)15(28)18-4-3-17-13(27)8-23-6-11(5-19-23)25(29)30/h5-6H,3-4,7-8H2,1-2H3,(H,17,27)(H,18,28). The van der Waals surface area contributed by atoms with Gasteiger partial charge in [-0.05, 0) is 13.8 Å². The molecule has 0 radical (unpaired) electrons. The van der Waals surface area contributed by atoms with Crippen LogP contribution in [0.15, 0.2) is 16.9 Å². The summed E-state index contributed by atoms with van der Waals surface area (Å²) in [5, 5.41) is 38.1. The van der Waals surface area contributed by atoms with Gasteiger partial charge in [-0.25, -0.2) is 0 Å². The summed E-state index contributed by atoms with van der Waals surface area (Å²) >= 11 is 0. The van der Waals surface area contributed by atoms with Gasteiger partial charge in [0.05, 0.1) is 9.85 Å². The van der Waals surface area contributed by atoms with Gasteiger partial charge in [0, 0.05) is 13.1 Å². The number of hydrogen-bond acceptors (Lipinski definition) is 11. The molecule has 3 aromatic heterocycles. The maximum absolute atomic E-state index is 12.1. The second-order valence-electron chi connectivity index (χ2n) is 6.71. The van der Waals surface area contributed by atoms with E-state index in [1.165, 1.54) is 18.5 Å². The molecule has 33 heavy (non-hydrogen) atoms. The molecular formula is C16H18N10O7. The fourth-order valence-corrected chi connectivity index (χ4v) is 2.84. The van der Waals surface area contributed by atoms with Crippen molar-refractivity contribution in [2.75, 3.05) is 13.1 Å². The average molecular weight is 462 g/mol. The zero-order valence-electron chi connectivity index (χ0n) is 17.4. The van der Waals surface area contributed by atoms with Crippen molar-refractivity contribution in [1.29, 1.82) is 0 Å². The minimum absolute atomic E-state index is 0.0288. The molecule has 0 aliphatic carbocycles. The number of aromatic nitrogens is 6. The van der Waals surface area contributed by atoms with Gasteiger partial charge in [0.1, 0.15) is 36.9 Å². The molecule has 0 aliphatic rings. The van der Waals surface area contributed by atoms with E-state index in [9.17, 15) is 29.8 Å². The molecule has 0 fully saturated rings. The van der Waals surface area contributed by atoms with Crippen molar-refractivity contribution < 1.29 is 24.0 Å². The van der Waals surface area contributed by atoms with E-state index in [4.69, 9.17) is 4.52 Å². The molecule has 2 amide bonds. The van der Waals surface area contributed by atoms with Gasteiger partial charge in [-0.1, -0.05) is 5.16 Å². The third kappa shape index (κ3) is 5.51. The Hall–Kier alpha value is -4.70. The van der Waals surface area contributed by atoms with E-state index in [2.05, 4.69) is 31.0 Å². The molecular weight excluding hydrogens is 444 g/mol. The lowest BCUT2D eigenvalue weighted by Gasteiger charge is -2.05. The van der Waals surface area contributed by atoms with Crippen molar-refractivity contribution >= 4 is 23.2 Å². The SMILES string of the molecule is Cc1nn(Cc2noc(C(=O)NCCNC(=O)Cn3cc([N+](=O)[O-])cn3)n2)c(C)c1[N+](=O)[O-]. The first kappa shape index (κ1) is 23.0. The third-order valence-electron chi connectivity index (χ3n) is 4.35. The minimum atomic E-state index is -0.676. The zero-order chi connectivity index (χ0) is 24.1. The summed E-state index contributed by atoms with van der Waals surface area (Å²) in [6, 6.07) is 0. The zero-order valence-corrected chi connectivity index (χ0v) is 17.4. The van der Waals surface area contributed by atoms with Crippen molar-refractivity contribution in [2.24, 2.45) is 0 Å². The van der Waals surface area contributed by atoms with Crippen molar-refractivity contribution in [3.05, 3.63) is 55.7 Å². The molecule has 3 heterocycles. The predicted molar refractivity (Wildman–Crippen MR) is 106 cm³/mol. The summed E-state index contributed by atoms with van der Waals surface area (Å²) in [6.07, 6.45) is 2.15. The Kier molecular flexibility index (Phi) is 6.70. The Bertz CT molecular complexity index is 1210. The van der Waals surface area contributed by atoms with Crippen LogP contribution in [0.5, 0.6) is 0 Å². The number of nitro groups is 2. The molecule has 17 heteroatoms. The topological polar surface area (TPSA) is 219 Å². The smallest absolute Gasteiger partial charge is 0.316 e. The first-order chi connectivity index (χ1) is 15.7. The highest BCUT2D eigenvalue weighted by atomic mass is 16.6. The number of hydrogen-bond donors (Lipinski definition) is 2. The molecule has 17 nitrogen and oxygen atoms in total. The van der Waals surface area contributed by atoms with Crippen LogP contribution in [-0.4, -0.2) is 64.5 Å². The molecule has 2 N–H and O–H groups in total. The Labute approximate surface area is 184 Å². The van der Waals surface area contributed by atoms with Crippen molar-refractivity contribution in [3.63, 3.8) is 0 Å². The number of amides is 2. The van der Waals surface area contributed by atoms with Crippen LogP contribution in [0.3, 0.4) is 0 Å². The number of carbonyl (C=O) groups is 2. The Balaban J connectivity index is 1.45. The highest BCUT2D eigenvalue weighted by Crippen LogP contribution is 2.22. The fraction of sp³-hybridized carbons (Fsp3) is 0.375. The molecule has 3 rings (SSSR count). The van der Waals surface area contributed by atoms with E-state index in [-0.39, 0.29) is 55.0 Å². The molecule has 0 spiro atoms. The minimum Gasteiger partial charge on any atom is -0.353 e. The highest BCUT2D eigenvalue weighted by molar-refractivity contribution is 5.89. The Morgan fingerprint density at radius 1 is 1.15 bits per heavy atom. The van der Waals surface area contributed by atoms with E-state index < -0.39 is 21.7 Å². The quantitative estimate of drug-likeness (QED) is 0.222. The molecule has 0 bridgehead atoms. The van der Waals surface area contributed by atoms with Gasteiger partial charge in [-0.3, -0.25) is 39.2 Å². The predicted octanol–water partition coefficient (Wildman–Crippen LogP) is -0.510. The third-order valence-corrected chi connectivity index (χ3v) is 4.35. The lowest BCUT2D eigenvalue weighted by atomic mass is 10.3. The van der Waals surface area contributed by atoms with Crippen molar-refractivity contribution in [2.45, 2.75) is 26.9 Å². The number of carbonyl (C=O) groups excluding carboxylic acids is 2. The summed E-state index contributed by atoms with van der Waals surface area (Å²) in [5.74, 6) is -1.36. The second-order valence-corrected chi connectivity index (χ2v) is 6.71. The van der Waals surface area contributed by atoms with Crippen molar-refractivity contribution in [1.82, 2.24) is 40.3 Å². The van der Waals surface area contributed by atoms with E-state index in [0.717, 1.165) is 17.1 Å². The van der Waals surface area contributed by atoms with Crippen LogP contribution in [0.2, 0.25) is 0 Å². The normalized spacial score (nSPS) is 10.7. The van der Waals surface area contributed by atoms with Crippen LogP contribution in [0.1, 0.15) is 27.9 Å². The van der Waals surface area contributed by atoms with Gasteiger partial charge in [-0.2, -0.15) is 15.2 Å². The monoisotopic (exact) mass is 462 g/mol. The molecule has 0 saturated heterocycles. The van der Waals surface area contributed by atoms with Crippen LogP contribution in [-0.2, 0) is 17.9 Å². The van der Waals surface area contributed by atoms with Crippen LogP contribution in [0, 0.1) is 34.1 Å². The average Bonchev–Trinajstić information content (AvgIpc) is 3.45. The van der Waals surface area contributed by atoms with Crippen LogP contribution in [0.4, 0.5) is 11.4 Å². The fourth-order valence-electron chi connectivity index (χ4n) is 2.84. The van der Waals surface area contributed by atoms with Crippen LogP contribution >= 0.6 is 0 Å². The molecule has 0 aliphatic heterocycles. The number of nitrogens with zero attached hydrogens (tertiary/aromatic N) is 8. The molecule has 0 unspecified atom stereocenters. The van der Waals surface area contributed by atoms with E-state index in [0.29, 0.717) is 5.69 Å². The van der Waals surface area contributed by atoms with Crippen LogP contribution < -0.4 is 10.6 Å². The van der Waals surface area contributed by atoms with Crippen LogP contribution in [0.25, 0.3) is 0 Å². The number of rotatable bonds is 10.